The Labute approximate surface area is 306 Å². The Kier molecular flexibility index (Phi) is 11.0. The summed E-state index contributed by atoms with van der Waals surface area (Å²) in [5.74, 6) is -11.4. The van der Waals surface area contributed by atoms with E-state index in [4.69, 9.17) is 37.9 Å². The monoisotopic (exact) mass is 754 g/mol. The van der Waals surface area contributed by atoms with Crippen molar-refractivity contribution < 1.29 is 81.4 Å². The molecule has 53 heavy (non-hydrogen) atoms. The third kappa shape index (κ3) is 7.13. The van der Waals surface area contributed by atoms with E-state index in [0.717, 1.165) is 41.5 Å². The van der Waals surface area contributed by atoms with Gasteiger partial charge in [0.2, 0.25) is 0 Å². The van der Waals surface area contributed by atoms with Crippen molar-refractivity contribution in [1.29, 1.82) is 0 Å². The molecule has 4 rings (SSSR count). The summed E-state index contributed by atoms with van der Waals surface area (Å²) in [5, 5.41) is 13.5. The van der Waals surface area contributed by atoms with Gasteiger partial charge in [-0.25, -0.2) is 0 Å². The Morgan fingerprint density at radius 1 is 0.679 bits per heavy atom. The van der Waals surface area contributed by atoms with Crippen molar-refractivity contribution in [1.82, 2.24) is 0 Å². The van der Waals surface area contributed by atoms with E-state index in [2.05, 4.69) is 0 Å². The standard InChI is InChI=1S/C36H50O17/c1-15(2)30(44)52-33(12)13-36(51-22(9)42)23(26(33)47-18(5)38)27(48-19(6)39)34(45)14-35(16(3)25(36)43)31(53-35)32(10,11)28(49-20(7)40)24(46-17(4)37)29(34)50-21(8)41/h15-16,23-24,26-29,31,45H,13-14H2,1-12H3/t16-,23+,24-,26+,27+,28+,29+,31-,33+,34+,35-,36+/m1/s1. The molecule has 1 N–H and O–H groups in total. The summed E-state index contributed by atoms with van der Waals surface area (Å²) in [4.78, 5) is 106. The van der Waals surface area contributed by atoms with Gasteiger partial charge in [-0.3, -0.25) is 38.4 Å². The van der Waals surface area contributed by atoms with E-state index in [-0.39, 0.29) is 0 Å². The van der Waals surface area contributed by atoms with Crippen LogP contribution in [0.3, 0.4) is 0 Å². The highest BCUT2D eigenvalue weighted by atomic mass is 16.7. The Hall–Kier alpha value is -4.12. The second kappa shape index (κ2) is 13.9. The van der Waals surface area contributed by atoms with Gasteiger partial charge in [0.15, 0.2) is 41.4 Å². The number of fused-ring (bicyclic) bond motifs is 2. The molecule has 0 aromatic rings. The highest BCUT2D eigenvalue weighted by molar-refractivity contribution is 5.94. The lowest BCUT2D eigenvalue weighted by molar-refractivity contribution is -0.267. The van der Waals surface area contributed by atoms with Crippen LogP contribution in [0.4, 0.5) is 0 Å². The van der Waals surface area contributed by atoms with Gasteiger partial charge in [0.05, 0.1) is 23.9 Å². The summed E-state index contributed by atoms with van der Waals surface area (Å²) >= 11 is 0. The highest BCUT2D eigenvalue weighted by Crippen LogP contribution is 2.66. The molecule has 0 amide bonds. The summed E-state index contributed by atoms with van der Waals surface area (Å²) in [5.41, 5.74) is -10.4. The molecule has 1 heterocycles. The first kappa shape index (κ1) is 41.6. The Morgan fingerprint density at radius 2 is 1.15 bits per heavy atom. The van der Waals surface area contributed by atoms with E-state index < -0.39 is 143 Å². The SMILES string of the molecule is CC(=O)O[C@@H]1[C@H](OC(C)=O)C(C)(C)[C@H]2O[C@@]23C[C@@](O)([C@H]1OC(C)=O)[C@@H](OC(C)=O)[C@@H]1[C@H](OC(C)=O)[C@@](C)(OC(=O)C(C)C)C[C@@]1(OC(C)=O)C(=O)[C@H]3C. The van der Waals surface area contributed by atoms with Crippen LogP contribution in [-0.4, -0.2) is 112 Å². The molecule has 17 nitrogen and oxygen atoms in total. The molecule has 1 saturated heterocycles. The van der Waals surface area contributed by atoms with Crippen LogP contribution in [0, 0.1) is 23.2 Å². The van der Waals surface area contributed by atoms with Gasteiger partial charge >= 0.3 is 41.8 Å². The number of carbonyl (C=O) groups is 8. The number of aliphatic hydroxyl groups is 1. The molecule has 17 heteroatoms. The summed E-state index contributed by atoms with van der Waals surface area (Å²) in [6.45, 7) is 15.2. The highest BCUT2D eigenvalue weighted by Gasteiger charge is 2.83. The lowest BCUT2D eigenvalue weighted by atomic mass is 9.57. The van der Waals surface area contributed by atoms with Crippen molar-refractivity contribution in [3.63, 3.8) is 0 Å². The van der Waals surface area contributed by atoms with E-state index in [1.807, 2.05) is 0 Å². The van der Waals surface area contributed by atoms with Gasteiger partial charge in [-0.15, -0.1) is 0 Å². The third-order valence-electron chi connectivity index (χ3n) is 10.8. The van der Waals surface area contributed by atoms with Crippen LogP contribution < -0.4 is 0 Å². The maximum absolute atomic E-state index is 15.3. The molecule has 3 aliphatic carbocycles. The predicted molar refractivity (Wildman–Crippen MR) is 175 cm³/mol. The van der Waals surface area contributed by atoms with Crippen LogP contribution in [0.25, 0.3) is 0 Å². The molecular weight excluding hydrogens is 704 g/mol. The number of epoxide rings is 1. The van der Waals surface area contributed by atoms with Gasteiger partial charge in [-0.05, 0) is 6.92 Å². The predicted octanol–water partition coefficient (Wildman–Crippen LogP) is 1.44. The van der Waals surface area contributed by atoms with Crippen LogP contribution in [0.5, 0.6) is 0 Å². The molecule has 4 fully saturated rings. The number of hydrogen-bond acceptors (Lipinski definition) is 17. The van der Waals surface area contributed by atoms with Gasteiger partial charge in [-0.1, -0.05) is 34.6 Å². The average molecular weight is 755 g/mol. The van der Waals surface area contributed by atoms with Crippen LogP contribution in [0.1, 0.15) is 95.9 Å². The summed E-state index contributed by atoms with van der Waals surface area (Å²) in [7, 11) is 0. The molecule has 3 saturated carbocycles. The van der Waals surface area contributed by atoms with Crippen molar-refractivity contribution >= 4 is 47.6 Å². The van der Waals surface area contributed by atoms with E-state index in [9.17, 15) is 38.7 Å². The smallest absolute Gasteiger partial charge is 0.309 e. The number of Topliss-reactive ketones (excluding diaryl/α,β-unsaturated/α-hetero) is 1. The molecule has 0 aromatic heterocycles. The lowest BCUT2D eigenvalue weighted by Crippen LogP contribution is -2.74. The first-order valence-corrected chi connectivity index (χ1v) is 17.4. The van der Waals surface area contributed by atoms with Gasteiger partial charge in [0, 0.05) is 59.8 Å². The number of rotatable bonds is 8. The number of esters is 7. The third-order valence-corrected chi connectivity index (χ3v) is 10.8. The number of hydrogen-bond donors (Lipinski definition) is 1. The van der Waals surface area contributed by atoms with E-state index in [1.165, 1.54) is 27.7 Å². The Balaban J connectivity index is 2.22. The Bertz CT molecular complexity index is 1580. The van der Waals surface area contributed by atoms with Crippen molar-refractivity contribution in [3.05, 3.63) is 0 Å². The molecular formula is C36H50O17. The average Bonchev–Trinajstić information content (AvgIpc) is 3.68. The fourth-order valence-corrected chi connectivity index (χ4v) is 8.97. The van der Waals surface area contributed by atoms with Gasteiger partial charge < -0.3 is 43.0 Å². The van der Waals surface area contributed by atoms with Crippen LogP contribution >= 0.6 is 0 Å². The van der Waals surface area contributed by atoms with Crippen LogP contribution in [0.15, 0.2) is 0 Å². The van der Waals surface area contributed by atoms with Crippen molar-refractivity contribution in [3.8, 4) is 0 Å². The topological polar surface area (TPSA) is 234 Å². The second-order valence-electron chi connectivity index (χ2n) is 15.8. The maximum atomic E-state index is 15.3. The minimum Gasteiger partial charge on any atom is -0.459 e. The van der Waals surface area contributed by atoms with Gasteiger partial charge in [0.25, 0.3) is 0 Å². The van der Waals surface area contributed by atoms with Crippen LogP contribution in [0.2, 0.25) is 0 Å². The fourth-order valence-electron chi connectivity index (χ4n) is 8.97. The van der Waals surface area contributed by atoms with Crippen molar-refractivity contribution in [2.45, 2.75) is 155 Å². The minimum atomic E-state index is -2.79. The van der Waals surface area contributed by atoms with Crippen molar-refractivity contribution in [2.75, 3.05) is 0 Å². The number of carbonyl (C=O) groups excluding carboxylic acids is 8. The molecule has 296 valence electrons. The van der Waals surface area contributed by atoms with Crippen LogP contribution in [-0.2, 0) is 76.3 Å². The normalized spacial score (nSPS) is 39.6. The van der Waals surface area contributed by atoms with Crippen molar-refractivity contribution in [2.24, 2.45) is 23.2 Å². The number of ether oxygens (including phenoxy) is 8. The second-order valence-corrected chi connectivity index (χ2v) is 15.8. The summed E-state index contributed by atoms with van der Waals surface area (Å²) in [6.07, 6.45) is -11.7. The fraction of sp³-hybridized carbons (Fsp3) is 0.778. The summed E-state index contributed by atoms with van der Waals surface area (Å²) < 4.78 is 47.4. The first-order chi connectivity index (χ1) is 24.2. The van der Waals surface area contributed by atoms with E-state index in [0.29, 0.717) is 0 Å². The molecule has 4 aliphatic rings. The molecule has 12 atom stereocenters. The zero-order valence-corrected chi connectivity index (χ0v) is 32.1. The van der Waals surface area contributed by atoms with Gasteiger partial charge in [-0.2, -0.15) is 0 Å². The molecule has 0 aromatic carbocycles. The number of ketones is 1. The quantitative estimate of drug-likeness (QED) is 0.210. The van der Waals surface area contributed by atoms with Gasteiger partial charge in [0.1, 0.15) is 17.3 Å². The molecule has 1 spiro atoms. The molecule has 0 unspecified atom stereocenters. The summed E-state index contributed by atoms with van der Waals surface area (Å²) in [6, 6.07) is 0. The molecule has 0 radical (unpaired) electrons. The zero-order valence-electron chi connectivity index (χ0n) is 32.1. The first-order valence-electron chi connectivity index (χ1n) is 17.4. The lowest BCUT2D eigenvalue weighted by Gasteiger charge is -2.54. The largest absolute Gasteiger partial charge is 0.459 e. The zero-order chi connectivity index (χ0) is 40.4. The molecule has 1 aliphatic heterocycles. The maximum Gasteiger partial charge on any atom is 0.309 e. The Morgan fingerprint density at radius 3 is 1.62 bits per heavy atom. The van der Waals surface area contributed by atoms with E-state index >= 15 is 4.79 Å². The minimum absolute atomic E-state index is 0.649. The molecule has 2 bridgehead atoms. The van der Waals surface area contributed by atoms with E-state index in [1.54, 1.807) is 13.8 Å².